The van der Waals surface area contributed by atoms with Crippen LogP contribution in [-0.2, 0) is 16.4 Å². The summed E-state index contributed by atoms with van der Waals surface area (Å²) < 4.78 is 25.3. The van der Waals surface area contributed by atoms with Crippen molar-refractivity contribution in [3.63, 3.8) is 0 Å². The molecule has 2 N–H and O–H groups in total. The largest absolute Gasteiger partial charge is 0.322 e. The van der Waals surface area contributed by atoms with Crippen molar-refractivity contribution < 1.29 is 13.2 Å². The molecule has 0 aliphatic heterocycles. The Balaban J connectivity index is 2.11. The van der Waals surface area contributed by atoms with Gasteiger partial charge in [-0.05, 0) is 55.2 Å². The monoisotopic (exact) mass is 360 g/mol. The fourth-order valence-corrected chi connectivity index (χ4v) is 3.03. The van der Waals surface area contributed by atoms with Crippen LogP contribution in [0, 0.1) is 6.92 Å². The van der Waals surface area contributed by atoms with E-state index in [9.17, 15) is 13.2 Å². The molecule has 0 saturated carbocycles. The Morgan fingerprint density at radius 3 is 2.36 bits per heavy atom. The van der Waals surface area contributed by atoms with Gasteiger partial charge in [0.15, 0.2) is 0 Å². The normalized spacial score (nSPS) is 11.2. The average molecular weight is 360 g/mol. The SMILES string of the molecule is CCCCc1ccc(NC(=O)c2ccc(C)c(NS(C)(=O)=O)c2)cc1. The van der Waals surface area contributed by atoms with Crippen molar-refractivity contribution in [3.05, 3.63) is 59.2 Å². The van der Waals surface area contributed by atoms with Gasteiger partial charge in [-0.2, -0.15) is 0 Å². The number of hydrogen-bond acceptors (Lipinski definition) is 3. The van der Waals surface area contributed by atoms with E-state index in [-0.39, 0.29) is 5.91 Å². The standard InChI is InChI=1S/C19H24N2O3S/c1-4-5-6-15-8-11-17(12-9-15)20-19(22)16-10-7-14(2)18(13-16)21-25(3,23)24/h7-13,21H,4-6H2,1-3H3,(H,20,22). The van der Waals surface area contributed by atoms with Crippen molar-refractivity contribution >= 4 is 27.3 Å². The van der Waals surface area contributed by atoms with E-state index in [1.54, 1.807) is 25.1 Å². The molecule has 0 aliphatic rings. The van der Waals surface area contributed by atoms with Crippen LogP contribution in [0.5, 0.6) is 0 Å². The van der Waals surface area contributed by atoms with E-state index >= 15 is 0 Å². The Morgan fingerprint density at radius 2 is 1.76 bits per heavy atom. The second kappa shape index (κ2) is 8.16. The first kappa shape index (κ1) is 19.0. The molecule has 25 heavy (non-hydrogen) atoms. The second-order valence-electron chi connectivity index (χ2n) is 6.16. The maximum atomic E-state index is 12.4. The zero-order valence-electron chi connectivity index (χ0n) is 14.8. The summed E-state index contributed by atoms with van der Waals surface area (Å²) in [5.74, 6) is -0.280. The molecule has 0 fully saturated rings. The number of nitrogens with one attached hydrogen (secondary N) is 2. The Bertz CT molecular complexity index is 843. The maximum absolute atomic E-state index is 12.4. The van der Waals surface area contributed by atoms with Gasteiger partial charge in [-0.25, -0.2) is 8.42 Å². The number of carbonyl (C=O) groups is 1. The quantitative estimate of drug-likeness (QED) is 0.785. The molecule has 0 unspecified atom stereocenters. The first-order valence-corrected chi connectivity index (χ1v) is 10.2. The van der Waals surface area contributed by atoms with Crippen LogP contribution in [0.4, 0.5) is 11.4 Å². The predicted octanol–water partition coefficient (Wildman–Crippen LogP) is 3.96. The van der Waals surface area contributed by atoms with E-state index in [0.29, 0.717) is 16.9 Å². The van der Waals surface area contributed by atoms with E-state index < -0.39 is 10.0 Å². The molecule has 0 bridgehead atoms. The first-order chi connectivity index (χ1) is 11.8. The van der Waals surface area contributed by atoms with Gasteiger partial charge in [-0.3, -0.25) is 9.52 Å². The van der Waals surface area contributed by atoms with Gasteiger partial charge < -0.3 is 5.32 Å². The topological polar surface area (TPSA) is 75.3 Å². The molecular weight excluding hydrogens is 336 g/mol. The first-order valence-electron chi connectivity index (χ1n) is 8.27. The van der Waals surface area contributed by atoms with E-state index in [2.05, 4.69) is 17.0 Å². The fourth-order valence-electron chi connectivity index (χ4n) is 2.41. The van der Waals surface area contributed by atoms with E-state index in [1.807, 2.05) is 24.3 Å². The molecule has 0 aromatic heterocycles. The van der Waals surface area contributed by atoms with Crippen molar-refractivity contribution in [2.24, 2.45) is 0 Å². The third-order valence-corrected chi connectivity index (χ3v) is 4.42. The number of amides is 1. The molecule has 2 aromatic rings. The van der Waals surface area contributed by atoms with Gasteiger partial charge in [0.1, 0.15) is 0 Å². The third-order valence-electron chi connectivity index (χ3n) is 3.83. The van der Waals surface area contributed by atoms with E-state index in [1.165, 1.54) is 5.56 Å². The molecule has 0 saturated heterocycles. The van der Waals surface area contributed by atoms with Gasteiger partial charge in [-0.1, -0.05) is 31.5 Å². The minimum atomic E-state index is -3.40. The van der Waals surface area contributed by atoms with Gasteiger partial charge in [0.25, 0.3) is 5.91 Å². The van der Waals surface area contributed by atoms with Crippen LogP contribution >= 0.6 is 0 Å². The predicted molar refractivity (Wildman–Crippen MR) is 103 cm³/mol. The average Bonchev–Trinajstić information content (AvgIpc) is 2.55. The molecule has 0 spiro atoms. The van der Waals surface area contributed by atoms with Crippen LogP contribution in [0.1, 0.15) is 41.3 Å². The zero-order valence-corrected chi connectivity index (χ0v) is 15.6. The lowest BCUT2D eigenvalue weighted by molar-refractivity contribution is 0.102. The fraction of sp³-hybridized carbons (Fsp3) is 0.316. The molecule has 2 rings (SSSR count). The summed E-state index contributed by atoms with van der Waals surface area (Å²) in [6, 6.07) is 12.7. The highest BCUT2D eigenvalue weighted by Gasteiger charge is 2.11. The minimum absolute atomic E-state index is 0.280. The Hall–Kier alpha value is -2.34. The van der Waals surface area contributed by atoms with Crippen LogP contribution in [0.25, 0.3) is 0 Å². The summed E-state index contributed by atoms with van der Waals surface area (Å²) in [5.41, 5.74) is 3.51. The number of rotatable bonds is 7. The van der Waals surface area contributed by atoms with Gasteiger partial charge in [-0.15, -0.1) is 0 Å². The van der Waals surface area contributed by atoms with Crippen molar-refractivity contribution in [2.45, 2.75) is 33.1 Å². The summed E-state index contributed by atoms with van der Waals surface area (Å²) >= 11 is 0. The lowest BCUT2D eigenvalue weighted by Crippen LogP contribution is -2.14. The number of carbonyl (C=O) groups excluding carboxylic acids is 1. The number of hydrogen-bond donors (Lipinski definition) is 2. The van der Waals surface area contributed by atoms with Crippen LogP contribution < -0.4 is 10.0 Å². The number of anilines is 2. The van der Waals surface area contributed by atoms with Crippen molar-refractivity contribution in [3.8, 4) is 0 Å². The highest BCUT2D eigenvalue weighted by Crippen LogP contribution is 2.19. The second-order valence-corrected chi connectivity index (χ2v) is 7.91. The molecule has 0 heterocycles. The van der Waals surface area contributed by atoms with Gasteiger partial charge >= 0.3 is 0 Å². The smallest absolute Gasteiger partial charge is 0.255 e. The number of sulfonamides is 1. The summed E-state index contributed by atoms with van der Waals surface area (Å²) in [4.78, 5) is 12.4. The van der Waals surface area contributed by atoms with Gasteiger partial charge in [0, 0.05) is 11.3 Å². The summed E-state index contributed by atoms with van der Waals surface area (Å²) in [6.45, 7) is 3.94. The molecule has 6 heteroatoms. The third kappa shape index (κ3) is 5.90. The lowest BCUT2D eigenvalue weighted by Gasteiger charge is -2.11. The van der Waals surface area contributed by atoms with Crippen molar-refractivity contribution in [2.75, 3.05) is 16.3 Å². The molecule has 0 aliphatic carbocycles. The minimum Gasteiger partial charge on any atom is -0.322 e. The molecule has 134 valence electrons. The molecule has 0 atom stereocenters. The van der Waals surface area contributed by atoms with Gasteiger partial charge in [0.2, 0.25) is 10.0 Å². The highest BCUT2D eigenvalue weighted by molar-refractivity contribution is 7.92. The Labute approximate surface area is 149 Å². The molecule has 2 aromatic carbocycles. The molecular formula is C19H24N2O3S. The highest BCUT2D eigenvalue weighted by atomic mass is 32.2. The Kier molecular flexibility index (Phi) is 6.20. The zero-order chi connectivity index (χ0) is 18.4. The van der Waals surface area contributed by atoms with E-state index in [4.69, 9.17) is 0 Å². The summed E-state index contributed by atoms with van der Waals surface area (Å²) in [7, 11) is -3.40. The number of aryl methyl sites for hydroxylation is 2. The van der Waals surface area contributed by atoms with Crippen LogP contribution in [0.2, 0.25) is 0 Å². The van der Waals surface area contributed by atoms with Crippen molar-refractivity contribution in [1.82, 2.24) is 0 Å². The summed E-state index contributed by atoms with van der Waals surface area (Å²) in [5, 5.41) is 2.83. The van der Waals surface area contributed by atoms with Crippen LogP contribution in [0.15, 0.2) is 42.5 Å². The maximum Gasteiger partial charge on any atom is 0.255 e. The Morgan fingerprint density at radius 1 is 1.08 bits per heavy atom. The van der Waals surface area contributed by atoms with Gasteiger partial charge in [0.05, 0.1) is 11.9 Å². The summed E-state index contributed by atoms with van der Waals surface area (Å²) in [6.07, 6.45) is 4.41. The number of benzene rings is 2. The molecule has 1 amide bonds. The van der Waals surface area contributed by atoms with Crippen LogP contribution in [-0.4, -0.2) is 20.6 Å². The van der Waals surface area contributed by atoms with Crippen LogP contribution in [0.3, 0.4) is 0 Å². The van der Waals surface area contributed by atoms with Crippen molar-refractivity contribution in [1.29, 1.82) is 0 Å². The lowest BCUT2D eigenvalue weighted by atomic mass is 10.1. The molecule has 0 radical (unpaired) electrons. The van der Waals surface area contributed by atoms with E-state index in [0.717, 1.165) is 31.1 Å². The number of unbranched alkanes of at least 4 members (excludes halogenated alkanes) is 1. The molecule has 5 nitrogen and oxygen atoms in total.